The van der Waals surface area contributed by atoms with E-state index in [1.165, 1.54) is 30.6 Å². The molecular weight excluding hydrogens is 258 g/mol. The van der Waals surface area contributed by atoms with Crippen LogP contribution in [0.15, 0.2) is 24.3 Å². The number of aromatic nitrogens is 2. The Bertz CT molecular complexity index is 544. The fourth-order valence-electron chi connectivity index (χ4n) is 2.84. The lowest BCUT2D eigenvalue weighted by atomic mass is 10.1. The molecule has 1 aromatic carbocycles. The molecule has 116 valence electrons. The van der Waals surface area contributed by atoms with Gasteiger partial charge in [-0.05, 0) is 51.3 Å². The topological polar surface area (TPSA) is 29.9 Å². The van der Waals surface area contributed by atoms with Crippen LogP contribution >= 0.6 is 0 Å². The zero-order chi connectivity index (χ0) is 15.1. The zero-order valence-electron chi connectivity index (χ0n) is 13.7. The molecule has 1 aromatic heterocycles. The van der Waals surface area contributed by atoms with Crippen LogP contribution in [0, 0.1) is 0 Å². The van der Waals surface area contributed by atoms with Gasteiger partial charge in [-0.15, -0.1) is 0 Å². The summed E-state index contributed by atoms with van der Waals surface area (Å²) in [5, 5.41) is 3.56. The summed E-state index contributed by atoms with van der Waals surface area (Å²) >= 11 is 0. The number of nitrogens with zero attached hydrogens (tertiary/aromatic N) is 2. The highest BCUT2D eigenvalue weighted by molar-refractivity contribution is 5.75. The Morgan fingerprint density at radius 2 is 2.00 bits per heavy atom. The summed E-state index contributed by atoms with van der Waals surface area (Å²) in [6, 6.07) is 9.11. The summed E-state index contributed by atoms with van der Waals surface area (Å²) in [5.41, 5.74) is 2.42. The molecule has 2 rings (SSSR count). The number of hydrogen-bond donors (Lipinski definition) is 1. The largest absolute Gasteiger partial charge is 0.328 e. The molecule has 0 saturated carbocycles. The van der Waals surface area contributed by atoms with Crippen molar-refractivity contribution >= 4 is 11.0 Å². The minimum absolute atomic E-state index is 0.606. The van der Waals surface area contributed by atoms with Crippen molar-refractivity contribution in [3.63, 3.8) is 0 Å². The Hall–Kier alpha value is -1.35. The van der Waals surface area contributed by atoms with Crippen molar-refractivity contribution < 1.29 is 0 Å². The van der Waals surface area contributed by atoms with E-state index in [2.05, 4.69) is 54.9 Å². The highest BCUT2D eigenvalue weighted by atomic mass is 15.1. The third-order valence-corrected chi connectivity index (χ3v) is 3.97. The van der Waals surface area contributed by atoms with E-state index in [4.69, 9.17) is 4.98 Å². The van der Waals surface area contributed by atoms with Gasteiger partial charge in [0.15, 0.2) is 0 Å². The van der Waals surface area contributed by atoms with Gasteiger partial charge in [0.05, 0.1) is 11.0 Å². The first kappa shape index (κ1) is 16.0. The lowest BCUT2D eigenvalue weighted by molar-refractivity contribution is 0.474. The summed E-state index contributed by atoms with van der Waals surface area (Å²) in [4.78, 5) is 4.80. The van der Waals surface area contributed by atoms with Gasteiger partial charge in [-0.1, -0.05) is 26.0 Å². The lowest BCUT2D eigenvalue weighted by Gasteiger charge is -2.14. The predicted octanol–water partition coefficient (Wildman–Crippen LogP) is 4.16. The summed E-state index contributed by atoms with van der Waals surface area (Å²) in [7, 11) is 0. The van der Waals surface area contributed by atoms with Crippen LogP contribution in [0.4, 0.5) is 0 Å². The van der Waals surface area contributed by atoms with Gasteiger partial charge in [0.1, 0.15) is 5.82 Å². The first-order chi connectivity index (χ1) is 10.3. The lowest BCUT2D eigenvalue weighted by Crippen LogP contribution is -2.26. The molecule has 0 bridgehead atoms. The molecule has 0 spiro atoms. The average Bonchev–Trinajstić information content (AvgIpc) is 2.83. The quantitative estimate of drug-likeness (QED) is 0.750. The first-order valence-corrected chi connectivity index (χ1v) is 8.43. The maximum atomic E-state index is 4.80. The van der Waals surface area contributed by atoms with Crippen LogP contribution in [-0.4, -0.2) is 22.1 Å². The highest BCUT2D eigenvalue weighted by Crippen LogP contribution is 2.18. The molecule has 0 fully saturated rings. The molecule has 3 heteroatoms. The molecule has 1 unspecified atom stereocenters. The van der Waals surface area contributed by atoms with E-state index in [0.29, 0.717) is 6.04 Å². The second-order valence-corrected chi connectivity index (χ2v) is 5.92. The maximum absolute atomic E-state index is 4.80. The number of para-hydroxylation sites is 2. The summed E-state index contributed by atoms with van der Waals surface area (Å²) in [5.74, 6) is 1.24. The maximum Gasteiger partial charge on any atom is 0.109 e. The Balaban J connectivity index is 2.01. The number of aryl methyl sites for hydroxylation is 2. The zero-order valence-corrected chi connectivity index (χ0v) is 13.7. The van der Waals surface area contributed by atoms with E-state index in [9.17, 15) is 0 Å². The smallest absolute Gasteiger partial charge is 0.109 e. The molecule has 0 aliphatic rings. The molecule has 1 atom stereocenters. The van der Waals surface area contributed by atoms with Gasteiger partial charge in [-0.25, -0.2) is 4.98 Å². The van der Waals surface area contributed by atoms with Gasteiger partial charge in [0, 0.05) is 19.0 Å². The van der Waals surface area contributed by atoms with Crippen LogP contribution in [0.1, 0.15) is 52.3 Å². The van der Waals surface area contributed by atoms with Crippen molar-refractivity contribution in [3.05, 3.63) is 30.1 Å². The number of hydrogen-bond acceptors (Lipinski definition) is 2. The van der Waals surface area contributed by atoms with E-state index < -0.39 is 0 Å². The Morgan fingerprint density at radius 1 is 1.19 bits per heavy atom. The second kappa shape index (κ2) is 8.18. The molecule has 0 saturated heterocycles. The molecule has 1 N–H and O–H groups in total. The number of imidazole rings is 1. The summed E-state index contributed by atoms with van der Waals surface area (Å²) in [6.45, 7) is 8.92. The number of fused-ring (bicyclic) bond motifs is 1. The standard InChI is InChI=1S/C18H29N3/c1-4-9-18-20-16-11-6-7-12-17(16)21(18)14-8-10-15(3)19-13-5-2/h6-7,11-12,15,19H,4-5,8-10,13-14H2,1-3H3. The number of rotatable bonds is 9. The van der Waals surface area contributed by atoms with E-state index in [1.54, 1.807) is 0 Å². The van der Waals surface area contributed by atoms with Crippen molar-refractivity contribution in [1.82, 2.24) is 14.9 Å². The van der Waals surface area contributed by atoms with Crippen LogP contribution in [0.25, 0.3) is 11.0 Å². The van der Waals surface area contributed by atoms with Crippen molar-refractivity contribution in [2.75, 3.05) is 6.54 Å². The van der Waals surface area contributed by atoms with Crippen molar-refractivity contribution in [3.8, 4) is 0 Å². The summed E-state index contributed by atoms with van der Waals surface area (Å²) < 4.78 is 2.42. The molecule has 0 amide bonds. The fourth-order valence-corrected chi connectivity index (χ4v) is 2.84. The van der Waals surface area contributed by atoms with Gasteiger partial charge in [-0.2, -0.15) is 0 Å². The minimum atomic E-state index is 0.606. The molecule has 0 radical (unpaired) electrons. The average molecular weight is 287 g/mol. The third-order valence-electron chi connectivity index (χ3n) is 3.97. The van der Waals surface area contributed by atoms with Crippen LogP contribution in [0.5, 0.6) is 0 Å². The fraction of sp³-hybridized carbons (Fsp3) is 0.611. The number of benzene rings is 1. The second-order valence-electron chi connectivity index (χ2n) is 5.92. The molecule has 1 heterocycles. The van der Waals surface area contributed by atoms with Crippen LogP contribution < -0.4 is 5.32 Å². The van der Waals surface area contributed by atoms with Crippen LogP contribution in [-0.2, 0) is 13.0 Å². The predicted molar refractivity (Wildman–Crippen MR) is 90.7 cm³/mol. The van der Waals surface area contributed by atoms with Crippen molar-refractivity contribution in [2.45, 2.75) is 65.5 Å². The number of nitrogens with one attached hydrogen (secondary N) is 1. The normalized spacial score (nSPS) is 12.9. The Labute approximate surface area is 128 Å². The van der Waals surface area contributed by atoms with Gasteiger partial charge in [0.2, 0.25) is 0 Å². The SMILES string of the molecule is CCCNC(C)CCCn1c(CCC)nc2ccccc21. The van der Waals surface area contributed by atoms with Gasteiger partial charge in [0.25, 0.3) is 0 Å². The van der Waals surface area contributed by atoms with E-state index in [1.807, 2.05) is 0 Å². The third kappa shape index (κ3) is 4.31. The first-order valence-electron chi connectivity index (χ1n) is 8.43. The van der Waals surface area contributed by atoms with E-state index in [-0.39, 0.29) is 0 Å². The summed E-state index contributed by atoms with van der Waals surface area (Å²) in [6.07, 6.45) is 5.85. The van der Waals surface area contributed by atoms with Gasteiger partial charge < -0.3 is 9.88 Å². The Morgan fingerprint density at radius 3 is 2.76 bits per heavy atom. The van der Waals surface area contributed by atoms with Crippen molar-refractivity contribution in [1.29, 1.82) is 0 Å². The Kier molecular flexibility index (Phi) is 6.24. The van der Waals surface area contributed by atoms with Crippen LogP contribution in [0.2, 0.25) is 0 Å². The van der Waals surface area contributed by atoms with E-state index in [0.717, 1.165) is 31.4 Å². The van der Waals surface area contributed by atoms with Crippen molar-refractivity contribution in [2.24, 2.45) is 0 Å². The molecule has 2 aromatic rings. The molecular formula is C18H29N3. The molecule has 0 aliphatic carbocycles. The monoisotopic (exact) mass is 287 g/mol. The van der Waals surface area contributed by atoms with Crippen LogP contribution in [0.3, 0.4) is 0 Å². The van der Waals surface area contributed by atoms with Gasteiger partial charge in [-0.3, -0.25) is 0 Å². The minimum Gasteiger partial charge on any atom is -0.328 e. The van der Waals surface area contributed by atoms with Gasteiger partial charge >= 0.3 is 0 Å². The molecule has 21 heavy (non-hydrogen) atoms. The van der Waals surface area contributed by atoms with E-state index >= 15 is 0 Å². The molecule has 0 aliphatic heterocycles. The molecule has 3 nitrogen and oxygen atoms in total. The highest BCUT2D eigenvalue weighted by Gasteiger charge is 2.09.